The molecule has 2 aliphatic rings. The van der Waals surface area contributed by atoms with Crippen molar-refractivity contribution in [2.45, 2.75) is 37.4 Å². The first-order valence-electron chi connectivity index (χ1n) is 7.50. The Balaban J connectivity index is 1.93. The van der Waals surface area contributed by atoms with Gasteiger partial charge in [-0.15, -0.1) is 0 Å². The van der Waals surface area contributed by atoms with Crippen LogP contribution in [0.2, 0.25) is 0 Å². The van der Waals surface area contributed by atoms with Gasteiger partial charge in [0.05, 0.1) is 5.92 Å². The van der Waals surface area contributed by atoms with Crippen LogP contribution in [0.3, 0.4) is 0 Å². The van der Waals surface area contributed by atoms with Crippen LogP contribution in [0.25, 0.3) is 5.57 Å². The van der Waals surface area contributed by atoms with E-state index in [9.17, 15) is 19.8 Å². The van der Waals surface area contributed by atoms with Gasteiger partial charge in [-0.05, 0) is 29.5 Å². The second-order valence-electron chi connectivity index (χ2n) is 5.80. The molecule has 4 heteroatoms. The number of hydrogen-bond donors (Lipinski definition) is 2. The number of hydrogen-bond acceptors (Lipinski definition) is 4. The van der Waals surface area contributed by atoms with E-state index in [0.29, 0.717) is 18.4 Å². The molecule has 4 nitrogen and oxygen atoms in total. The molecule has 1 unspecified atom stereocenters. The van der Waals surface area contributed by atoms with Crippen LogP contribution in [0.5, 0.6) is 0 Å². The molecule has 1 aromatic carbocycles. The first-order valence-corrected chi connectivity index (χ1v) is 7.50. The van der Waals surface area contributed by atoms with E-state index < -0.39 is 12.2 Å². The fourth-order valence-electron chi connectivity index (χ4n) is 3.10. The molecule has 0 bridgehead atoms. The first-order chi connectivity index (χ1) is 10.6. The van der Waals surface area contributed by atoms with E-state index in [-0.39, 0.29) is 17.5 Å². The zero-order valence-corrected chi connectivity index (χ0v) is 12.1. The smallest absolute Gasteiger partial charge is 0.205 e. The van der Waals surface area contributed by atoms with Crippen LogP contribution in [-0.4, -0.2) is 34.0 Å². The summed E-state index contributed by atoms with van der Waals surface area (Å²) in [6, 6.07) is 7.32. The van der Waals surface area contributed by atoms with Crippen LogP contribution in [0, 0.1) is 0 Å². The Morgan fingerprint density at radius 1 is 1.14 bits per heavy atom. The highest BCUT2D eigenvalue weighted by molar-refractivity contribution is 6.39. The minimum absolute atomic E-state index is 0.295. The number of ketones is 2. The molecule has 0 heterocycles. The van der Waals surface area contributed by atoms with Crippen molar-refractivity contribution in [1.29, 1.82) is 0 Å². The molecule has 0 spiro atoms. The van der Waals surface area contributed by atoms with Gasteiger partial charge in [0.2, 0.25) is 5.78 Å². The summed E-state index contributed by atoms with van der Waals surface area (Å²) >= 11 is 0. The molecule has 0 aromatic heterocycles. The highest BCUT2D eigenvalue weighted by atomic mass is 16.3. The molecule has 2 aliphatic carbocycles. The molecule has 0 saturated heterocycles. The molecule has 0 amide bonds. The third-order valence-corrected chi connectivity index (χ3v) is 4.34. The van der Waals surface area contributed by atoms with Gasteiger partial charge in [-0.3, -0.25) is 9.59 Å². The maximum absolute atomic E-state index is 12.1. The van der Waals surface area contributed by atoms with Gasteiger partial charge in [-0.2, -0.15) is 0 Å². The van der Waals surface area contributed by atoms with E-state index in [4.69, 9.17) is 0 Å². The van der Waals surface area contributed by atoms with Crippen molar-refractivity contribution in [3.05, 3.63) is 53.6 Å². The lowest BCUT2D eigenvalue weighted by Gasteiger charge is -2.24. The zero-order valence-electron chi connectivity index (χ0n) is 12.1. The molecule has 1 fully saturated rings. The topological polar surface area (TPSA) is 74.6 Å². The molecule has 2 N–H and O–H groups in total. The SMILES string of the molecule is O=C1CCCC(c2cccc(C3=CC=C[C@@H](O)[C@H]3O)c2)C1=O. The van der Waals surface area contributed by atoms with Gasteiger partial charge < -0.3 is 10.2 Å². The third kappa shape index (κ3) is 2.67. The molecular weight excluding hydrogens is 280 g/mol. The van der Waals surface area contributed by atoms with Gasteiger partial charge in [-0.25, -0.2) is 0 Å². The largest absolute Gasteiger partial charge is 0.386 e. The molecule has 0 aliphatic heterocycles. The van der Waals surface area contributed by atoms with Crippen LogP contribution in [0.1, 0.15) is 36.3 Å². The molecule has 1 aromatic rings. The fraction of sp³-hybridized carbons (Fsp3) is 0.333. The standard InChI is InChI=1S/C18H18O4/c19-15-8-2-6-13(17(15)21)11-4-1-5-12(10-11)14-7-3-9-16(20)18(14)22/h1-2,4-6,8,10,14-15,17,19,21H,3,7,9H2/t14?,15-,17+/m1/s1. The quantitative estimate of drug-likeness (QED) is 0.816. The van der Waals surface area contributed by atoms with Crippen molar-refractivity contribution in [2.75, 3.05) is 0 Å². The Hall–Kier alpha value is -2.04. The van der Waals surface area contributed by atoms with E-state index >= 15 is 0 Å². The van der Waals surface area contributed by atoms with Crippen LogP contribution in [0.4, 0.5) is 0 Å². The van der Waals surface area contributed by atoms with Crippen molar-refractivity contribution in [2.24, 2.45) is 0 Å². The summed E-state index contributed by atoms with van der Waals surface area (Å²) in [5.74, 6) is -0.999. The summed E-state index contributed by atoms with van der Waals surface area (Å²) in [7, 11) is 0. The van der Waals surface area contributed by atoms with Crippen molar-refractivity contribution in [3.63, 3.8) is 0 Å². The van der Waals surface area contributed by atoms with E-state index in [1.165, 1.54) is 6.08 Å². The first kappa shape index (κ1) is 14.9. The number of carbonyl (C=O) groups excluding carboxylic acids is 2. The number of Topliss-reactive ketones (excluding diaryl/α,β-unsaturated/α-hetero) is 2. The fourth-order valence-corrected chi connectivity index (χ4v) is 3.10. The van der Waals surface area contributed by atoms with Crippen LogP contribution >= 0.6 is 0 Å². The number of benzene rings is 1. The normalized spacial score (nSPS) is 28.6. The van der Waals surface area contributed by atoms with Crippen molar-refractivity contribution < 1.29 is 19.8 Å². The second-order valence-corrected chi connectivity index (χ2v) is 5.80. The predicted molar refractivity (Wildman–Crippen MR) is 82.2 cm³/mol. The van der Waals surface area contributed by atoms with E-state index in [2.05, 4.69) is 0 Å². The molecule has 22 heavy (non-hydrogen) atoms. The summed E-state index contributed by atoms with van der Waals surface area (Å²) < 4.78 is 0. The van der Waals surface area contributed by atoms with E-state index in [0.717, 1.165) is 17.5 Å². The Labute approximate surface area is 128 Å². The van der Waals surface area contributed by atoms with Gasteiger partial charge >= 0.3 is 0 Å². The van der Waals surface area contributed by atoms with Crippen LogP contribution in [-0.2, 0) is 9.59 Å². The summed E-state index contributed by atoms with van der Waals surface area (Å²) in [6.45, 7) is 0. The van der Waals surface area contributed by atoms with Gasteiger partial charge in [0, 0.05) is 6.42 Å². The van der Waals surface area contributed by atoms with E-state index in [1.807, 2.05) is 24.3 Å². The highest BCUT2D eigenvalue weighted by Crippen LogP contribution is 2.31. The molecule has 114 valence electrons. The predicted octanol–water partition coefficient (Wildman–Crippen LogP) is 1.77. The molecule has 3 rings (SSSR count). The second kappa shape index (κ2) is 5.99. The number of allylic oxidation sites excluding steroid dienone is 2. The van der Waals surface area contributed by atoms with Crippen molar-refractivity contribution in [3.8, 4) is 0 Å². The molecule has 0 radical (unpaired) electrons. The Bertz CT molecular complexity index is 671. The third-order valence-electron chi connectivity index (χ3n) is 4.34. The maximum Gasteiger partial charge on any atom is 0.205 e. The van der Waals surface area contributed by atoms with E-state index in [1.54, 1.807) is 12.2 Å². The van der Waals surface area contributed by atoms with Crippen LogP contribution < -0.4 is 0 Å². The average Bonchev–Trinajstić information content (AvgIpc) is 2.53. The van der Waals surface area contributed by atoms with Gasteiger partial charge in [0.1, 0.15) is 12.2 Å². The number of aliphatic hydroxyl groups is 2. The number of rotatable bonds is 2. The lowest BCUT2D eigenvalue weighted by Crippen LogP contribution is -2.28. The zero-order chi connectivity index (χ0) is 15.7. The monoisotopic (exact) mass is 298 g/mol. The lowest BCUT2D eigenvalue weighted by molar-refractivity contribution is -0.139. The van der Waals surface area contributed by atoms with Gasteiger partial charge in [0.25, 0.3) is 0 Å². The molecule has 1 saturated carbocycles. The molecule has 3 atom stereocenters. The Morgan fingerprint density at radius 2 is 1.95 bits per heavy atom. The number of carbonyl (C=O) groups is 2. The summed E-state index contributed by atoms with van der Waals surface area (Å²) in [5.41, 5.74) is 2.18. The Kier molecular flexibility index (Phi) is 4.05. The Morgan fingerprint density at radius 3 is 2.77 bits per heavy atom. The minimum atomic E-state index is -0.982. The van der Waals surface area contributed by atoms with Gasteiger partial charge in [-0.1, -0.05) is 42.5 Å². The maximum atomic E-state index is 12.1. The number of aliphatic hydroxyl groups excluding tert-OH is 2. The van der Waals surface area contributed by atoms with Crippen molar-refractivity contribution >= 4 is 17.1 Å². The minimum Gasteiger partial charge on any atom is -0.386 e. The summed E-state index contributed by atoms with van der Waals surface area (Å²) in [4.78, 5) is 23.7. The lowest BCUT2D eigenvalue weighted by atomic mass is 9.81. The highest BCUT2D eigenvalue weighted by Gasteiger charge is 2.31. The summed E-state index contributed by atoms with van der Waals surface area (Å²) in [6.07, 6.45) is 4.83. The van der Waals surface area contributed by atoms with Crippen LogP contribution in [0.15, 0.2) is 42.5 Å². The van der Waals surface area contributed by atoms with Gasteiger partial charge in [0.15, 0.2) is 5.78 Å². The summed E-state index contributed by atoms with van der Waals surface area (Å²) in [5, 5.41) is 19.8. The average molecular weight is 298 g/mol. The van der Waals surface area contributed by atoms with Crippen molar-refractivity contribution in [1.82, 2.24) is 0 Å². The molecular formula is C18H18O4.